The van der Waals surface area contributed by atoms with E-state index in [1.807, 2.05) is 30.3 Å². The molecule has 0 atom stereocenters. The Kier molecular flexibility index (Phi) is 2.90. The van der Waals surface area contributed by atoms with Crippen molar-refractivity contribution in [2.75, 3.05) is 0 Å². The van der Waals surface area contributed by atoms with E-state index in [2.05, 4.69) is 4.98 Å². The fraction of sp³-hybridized carbons (Fsp3) is 0.182. The Hall–Kier alpha value is -0.790. The van der Waals surface area contributed by atoms with Gasteiger partial charge in [-0.1, -0.05) is 18.2 Å². The van der Waals surface area contributed by atoms with E-state index in [4.69, 9.17) is 23.2 Å². The Labute approximate surface area is 92.7 Å². The smallest absolute Gasteiger partial charge is 0.0706 e. The van der Waals surface area contributed by atoms with Gasteiger partial charge in [0.25, 0.3) is 0 Å². The van der Waals surface area contributed by atoms with Crippen LogP contribution in [0.5, 0.6) is 0 Å². The van der Waals surface area contributed by atoms with Crippen LogP contribution in [0.2, 0.25) is 0 Å². The summed E-state index contributed by atoms with van der Waals surface area (Å²) in [6.07, 6.45) is 0. The second kappa shape index (κ2) is 4.16. The summed E-state index contributed by atoms with van der Waals surface area (Å²) < 4.78 is 0. The summed E-state index contributed by atoms with van der Waals surface area (Å²) in [7, 11) is 0. The van der Waals surface area contributed by atoms with Crippen molar-refractivity contribution in [1.82, 2.24) is 4.98 Å². The largest absolute Gasteiger partial charge is 0.251 e. The summed E-state index contributed by atoms with van der Waals surface area (Å²) >= 11 is 11.6. The number of aromatic nitrogens is 1. The summed E-state index contributed by atoms with van der Waals surface area (Å²) in [5, 5.41) is 1.11. The monoisotopic (exact) mass is 225 g/mol. The molecule has 0 saturated carbocycles. The maximum Gasteiger partial charge on any atom is 0.0706 e. The molecule has 0 N–H and O–H groups in total. The van der Waals surface area contributed by atoms with Gasteiger partial charge >= 0.3 is 0 Å². The second-order valence-corrected chi connectivity index (χ2v) is 3.59. The molecule has 0 radical (unpaired) electrons. The number of rotatable bonds is 2. The van der Waals surface area contributed by atoms with Gasteiger partial charge < -0.3 is 0 Å². The number of benzene rings is 1. The molecule has 2 rings (SSSR count). The third-order valence-electron chi connectivity index (χ3n) is 2.16. The fourth-order valence-corrected chi connectivity index (χ4v) is 1.89. The number of halogens is 2. The maximum atomic E-state index is 5.81. The highest BCUT2D eigenvalue weighted by molar-refractivity contribution is 6.18. The molecule has 2 aromatic rings. The molecule has 0 fully saturated rings. The van der Waals surface area contributed by atoms with Gasteiger partial charge in [0.05, 0.1) is 17.1 Å². The molecule has 3 heteroatoms. The summed E-state index contributed by atoms with van der Waals surface area (Å²) in [5.74, 6) is 0.868. The van der Waals surface area contributed by atoms with Crippen LogP contribution in [0.25, 0.3) is 10.9 Å². The normalized spacial score (nSPS) is 10.7. The molecule has 1 heterocycles. The molecule has 0 aliphatic carbocycles. The molecule has 14 heavy (non-hydrogen) atoms. The van der Waals surface area contributed by atoms with Gasteiger partial charge in [-0.05, 0) is 17.7 Å². The van der Waals surface area contributed by atoms with Gasteiger partial charge in [0.2, 0.25) is 0 Å². The minimum Gasteiger partial charge on any atom is -0.251 e. The highest BCUT2D eigenvalue weighted by atomic mass is 35.5. The summed E-state index contributed by atoms with van der Waals surface area (Å²) in [6, 6.07) is 10.0. The third-order valence-corrected chi connectivity index (χ3v) is 2.70. The van der Waals surface area contributed by atoms with E-state index in [0.29, 0.717) is 11.8 Å². The van der Waals surface area contributed by atoms with Crippen molar-refractivity contribution in [3.63, 3.8) is 0 Å². The van der Waals surface area contributed by atoms with Crippen LogP contribution < -0.4 is 0 Å². The first-order valence-corrected chi connectivity index (χ1v) is 5.41. The third kappa shape index (κ3) is 1.70. The van der Waals surface area contributed by atoms with Crippen molar-refractivity contribution < 1.29 is 0 Å². The number of hydrogen-bond donors (Lipinski definition) is 0. The first kappa shape index (κ1) is 9.75. The van der Waals surface area contributed by atoms with Crippen molar-refractivity contribution in [2.45, 2.75) is 11.8 Å². The standard InChI is InChI=1S/C11H9Cl2N/c12-6-9-5-8-3-1-2-4-10(8)14-11(9)7-13/h1-5H,6-7H2. The zero-order valence-corrected chi connectivity index (χ0v) is 9.02. The SMILES string of the molecule is ClCc1cc2ccccc2nc1CCl. The lowest BCUT2D eigenvalue weighted by Gasteiger charge is -2.05. The summed E-state index contributed by atoms with van der Waals surface area (Å²) in [5.41, 5.74) is 2.86. The van der Waals surface area contributed by atoms with Gasteiger partial charge in [0.15, 0.2) is 0 Å². The Morgan fingerprint density at radius 2 is 1.86 bits per heavy atom. The van der Waals surface area contributed by atoms with Crippen LogP contribution in [-0.2, 0) is 11.8 Å². The molecule has 0 saturated heterocycles. The number of alkyl halides is 2. The highest BCUT2D eigenvalue weighted by Gasteiger charge is 2.04. The van der Waals surface area contributed by atoms with E-state index < -0.39 is 0 Å². The lowest BCUT2D eigenvalue weighted by atomic mass is 10.1. The number of fused-ring (bicyclic) bond motifs is 1. The van der Waals surface area contributed by atoms with Crippen molar-refractivity contribution in [2.24, 2.45) is 0 Å². The molecule has 0 aliphatic rings. The minimum atomic E-state index is 0.410. The van der Waals surface area contributed by atoms with E-state index in [-0.39, 0.29) is 0 Å². The van der Waals surface area contributed by atoms with Crippen LogP contribution in [0.15, 0.2) is 30.3 Å². The first-order valence-electron chi connectivity index (χ1n) is 4.34. The molecule has 72 valence electrons. The van der Waals surface area contributed by atoms with Crippen LogP contribution in [-0.4, -0.2) is 4.98 Å². The Morgan fingerprint density at radius 3 is 2.57 bits per heavy atom. The van der Waals surface area contributed by atoms with Crippen molar-refractivity contribution in [1.29, 1.82) is 0 Å². The molecule has 0 bridgehead atoms. The molecule has 1 aromatic heterocycles. The molecule has 0 amide bonds. The van der Waals surface area contributed by atoms with Crippen LogP contribution in [0.4, 0.5) is 0 Å². The first-order chi connectivity index (χ1) is 6.85. The fourth-order valence-electron chi connectivity index (χ4n) is 1.43. The van der Waals surface area contributed by atoms with Crippen molar-refractivity contribution in [3.05, 3.63) is 41.6 Å². The molecule has 0 spiro atoms. The van der Waals surface area contributed by atoms with Gasteiger partial charge in [0.1, 0.15) is 0 Å². The molecule has 1 nitrogen and oxygen atoms in total. The quantitative estimate of drug-likeness (QED) is 0.711. The van der Waals surface area contributed by atoms with Crippen LogP contribution >= 0.6 is 23.2 Å². The highest BCUT2D eigenvalue weighted by Crippen LogP contribution is 2.19. The van der Waals surface area contributed by atoms with Crippen molar-refractivity contribution in [3.8, 4) is 0 Å². The molecular weight excluding hydrogens is 217 g/mol. The van der Waals surface area contributed by atoms with E-state index in [0.717, 1.165) is 22.2 Å². The summed E-state index contributed by atoms with van der Waals surface area (Å²) in [4.78, 5) is 4.45. The van der Waals surface area contributed by atoms with Crippen LogP contribution in [0, 0.1) is 0 Å². The zero-order chi connectivity index (χ0) is 9.97. The average molecular weight is 226 g/mol. The molecular formula is C11H9Cl2N. The van der Waals surface area contributed by atoms with Crippen LogP contribution in [0.1, 0.15) is 11.3 Å². The summed E-state index contributed by atoms with van der Waals surface area (Å²) in [6.45, 7) is 0. The van der Waals surface area contributed by atoms with Crippen molar-refractivity contribution >= 4 is 34.1 Å². The van der Waals surface area contributed by atoms with Gasteiger partial charge in [-0.15, -0.1) is 23.2 Å². The predicted molar refractivity (Wildman–Crippen MR) is 60.9 cm³/mol. The van der Waals surface area contributed by atoms with Gasteiger partial charge in [-0.3, -0.25) is 4.98 Å². The lowest BCUT2D eigenvalue weighted by Crippen LogP contribution is -1.93. The number of para-hydroxylation sites is 1. The van der Waals surface area contributed by atoms with Crippen LogP contribution in [0.3, 0.4) is 0 Å². The van der Waals surface area contributed by atoms with Gasteiger partial charge in [-0.25, -0.2) is 0 Å². The van der Waals surface area contributed by atoms with E-state index in [1.165, 1.54) is 0 Å². The Bertz CT molecular complexity index is 411. The maximum absolute atomic E-state index is 5.81. The van der Waals surface area contributed by atoms with E-state index in [9.17, 15) is 0 Å². The van der Waals surface area contributed by atoms with Gasteiger partial charge in [-0.2, -0.15) is 0 Å². The molecule has 0 aliphatic heterocycles. The topological polar surface area (TPSA) is 12.9 Å². The lowest BCUT2D eigenvalue weighted by molar-refractivity contribution is 1.15. The average Bonchev–Trinajstić information content (AvgIpc) is 2.27. The molecule has 0 unspecified atom stereocenters. The van der Waals surface area contributed by atoms with Gasteiger partial charge in [0, 0.05) is 11.3 Å². The second-order valence-electron chi connectivity index (χ2n) is 3.05. The number of pyridine rings is 1. The van der Waals surface area contributed by atoms with E-state index >= 15 is 0 Å². The predicted octanol–water partition coefficient (Wildman–Crippen LogP) is 3.71. The Balaban J connectivity index is 2.69. The molecule has 1 aromatic carbocycles. The zero-order valence-electron chi connectivity index (χ0n) is 7.50. The Morgan fingerprint density at radius 1 is 1.07 bits per heavy atom. The minimum absolute atomic E-state index is 0.410. The number of nitrogens with zero attached hydrogens (tertiary/aromatic N) is 1. The number of hydrogen-bond acceptors (Lipinski definition) is 1. The van der Waals surface area contributed by atoms with E-state index in [1.54, 1.807) is 0 Å².